The van der Waals surface area contributed by atoms with Crippen LogP contribution in [0.25, 0.3) is 0 Å². The van der Waals surface area contributed by atoms with Crippen LogP contribution < -0.4 is 10.2 Å². The molecule has 0 saturated carbocycles. The fourth-order valence-electron chi connectivity index (χ4n) is 2.39. The van der Waals surface area contributed by atoms with E-state index in [1.54, 1.807) is 13.8 Å². The lowest BCUT2D eigenvalue weighted by Crippen LogP contribution is -2.64. The number of halogens is 3. The molecule has 0 spiro atoms. The minimum Gasteiger partial charge on any atom is -0.343 e. The van der Waals surface area contributed by atoms with Crippen LogP contribution in [-0.4, -0.2) is 23.9 Å². The Morgan fingerprint density at radius 3 is 2.33 bits per heavy atom. The quantitative estimate of drug-likeness (QED) is 0.849. The van der Waals surface area contributed by atoms with Crippen molar-refractivity contribution in [2.24, 2.45) is 5.92 Å². The zero-order valence-electron chi connectivity index (χ0n) is 11.8. The van der Waals surface area contributed by atoms with Gasteiger partial charge in [0, 0.05) is 0 Å². The molecule has 4 nitrogen and oxygen atoms in total. The summed E-state index contributed by atoms with van der Waals surface area (Å²) >= 11 is 0. The molecule has 21 heavy (non-hydrogen) atoms. The molecule has 1 aromatic rings. The zero-order valence-corrected chi connectivity index (χ0v) is 11.8. The Kier molecular flexibility index (Phi) is 3.93. The number of anilines is 1. The first-order chi connectivity index (χ1) is 9.75. The fraction of sp³-hybridized carbons (Fsp3) is 0.429. The molecule has 1 N–H and O–H groups in total. The Hall–Kier alpha value is -2.05. The summed E-state index contributed by atoms with van der Waals surface area (Å²) in [6.07, 6.45) is 0. The van der Waals surface area contributed by atoms with Crippen molar-refractivity contribution < 1.29 is 22.8 Å². The summed E-state index contributed by atoms with van der Waals surface area (Å²) in [5.41, 5.74) is -0.431. The van der Waals surface area contributed by atoms with Crippen LogP contribution in [0.2, 0.25) is 0 Å². The first-order valence-corrected chi connectivity index (χ1v) is 6.52. The van der Waals surface area contributed by atoms with Crippen LogP contribution in [0.4, 0.5) is 18.9 Å². The van der Waals surface area contributed by atoms with Crippen LogP contribution in [0.3, 0.4) is 0 Å². The van der Waals surface area contributed by atoms with Crippen molar-refractivity contribution in [2.75, 3.05) is 4.90 Å². The van der Waals surface area contributed by atoms with E-state index in [-0.39, 0.29) is 5.92 Å². The van der Waals surface area contributed by atoms with Gasteiger partial charge in [-0.2, -0.15) is 0 Å². The van der Waals surface area contributed by atoms with Crippen molar-refractivity contribution in [3.63, 3.8) is 0 Å². The molecule has 7 heteroatoms. The summed E-state index contributed by atoms with van der Waals surface area (Å²) in [6.45, 7) is 4.80. The van der Waals surface area contributed by atoms with Crippen molar-refractivity contribution in [3.05, 3.63) is 29.6 Å². The number of hydrogen-bond donors (Lipinski definition) is 1. The Balaban J connectivity index is 2.58. The van der Waals surface area contributed by atoms with Gasteiger partial charge in [0.2, 0.25) is 11.8 Å². The summed E-state index contributed by atoms with van der Waals surface area (Å²) in [5, 5.41) is 2.49. The van der Waals surface area contributed by atoms with Gasteiger partial charge in [-0.1, -0.05) is 13.8 Å². The van der Waals surface area contributed by atoms with Gasteiger partial charge in [0.1, 0.15) is 12.1 Å². The molecule has 0 aliphatic carbocycles. The lowest BCUT2D eigenvalue weighted by atomic mass is 9.96. The van der Waals surface area contributed by atoms with Gasteiger partial charge in [-0.3, -0.25) is 14.5 Å². The Bertz CT molecular complexity index is 604. The highest BCUT2D eigenvalue weighted by atomic mass is 19.2. The molecule has 1 aliphatic rings. The SMILES string of the molecule is CC1NC(=O)C(C(C)C)N(c2ccc(F)c(F)c2F)C1=O. The van der Waals surface area contributed by atoms with E-state index < -0.39 is 47.0 Å². The van der Waals surface area contributed by atoms with Crippen LogP contribution in [0.1, 0.15) is 20.8 Å². The summed E-state index contributed by atoms with van der Waals surface area (Å²) in [5.74, 6) is -5.84. The number of nitrogens with one attached hydrogen (secondary N) is 1. The first-order valence-electron chi connectivity index (χ1n) is 6.52. The maximum absolute atomic E-state index is 14.0. The molecule has 1 fully saturated rings. The van der Waals surface area contributed by atoms with E-state index >= 15 is 0 Å². The van der Waals surface area contributed by atoms with Gasteiger partial charge in [-0.15, -0.1) is 0 Å². The summed E-state index contributed by atoms with van der Waals surface area (Å²) in [4.78, 5) is 25.2. The molecule has 0 aromatic heterocycles. The average molecular weight is 300 g/mol. The van der Waals surface area contributed by atoms with Gasteiger partial charge in [0.15, 0.2) is 17.5 Å². The second-order valence-electron chi connectivity index (χ2n) is 5.32. The predicted octanol–water partition coefficient (Wildman–Crippen LogP) is 1.98. The van der Waals surface area contributed by atoms with E-state index in [0.29, 0.717) is 0 Å². The molecule has 1 aromatic carbocycles. The number of carbonyl (C=O) groups is 2. The lowest BCUT2D eigenvalue weighted by Gasteiger charge is -2.39. The van der Waals surface area contributed by atoms with Gasteiger partial charge >= 0.3 is 0 Å². The third kappa shape index (κ3) is 2.48. The monoisotopic (exact) mass is 300 g/mol. The Labute approximate surface area is 119 Å². The van der Waals surface area contributed by atoms with E-state index in [1.807, 2.05) is 0 Å². The minimum absolute atomic E-state index is 0.325. The Morgan fingerprint density at radius 1 is 1.14 bits per heavy atom. The molecule has 2 atom stereocenters. The van der Waals surface area contributed by atoms with E-state index in [4.69, 9.17) is 0 Å². The normalized spacial score (nSPS) is 22.7. The maximum Gasteiger partial charge on any atom is 0.250 e. The summed E-state index contributed by atoms with van der Waals surface area (Å²) < 4.78 is 40.4. The van der Waals surface area contributed by atoms with Crippen LogP contribution in [-0.2, 0) is 9.59 Å². The van der Waals surface area contributed by atoms with E-state index in [0.717, 1.165) is 17.0 Å². The molecule has 1 saturated heterocycles. The number of nitrogens with zero attached hydrogens (tertiary/aromatic N) is 1. The number of amides is 2. The van der Waals surface area contributed by atoms with Crippen molar-refractivity contribution in [1.29, 1.82) is 0 Å². The van der Waals surface area contributed by atoms with Crippen molar-refractivity contribution in [2.45, 2.75) is 32.9 Å². The van der Waals surface area contributed by atoms with Crippen molar-refractivity contribution in [3.8, 4) is 0 Å². The zero-order chi connectivity index (χ0) is 15.9. The molecule has 2 unspecified atom stereocenters. The number of piperazine rings is 1. The third-order valence-electron chi connectivity index (χ3n) is 3.42. The molecule has 1 heterocycles. The smallest absolute Gasteiger partial charge is 0.250 e. The largest absolute Gasteiger partial charge is 0.343 e. The topological polar surface area (TPSA) is 49.4 Å². The minimum atomic E-state index is -1.67. The van der Waals surface area contributed by atoms with E-state index in [1.165, 1.54) is 6.92 Å². The second kappa shape index (κ2) is 5.38. The van der Waals surface area contributed by atoms with E-state index in [2.05, 4.69) is 5.32 Å². The molecule has 0 radical (unpaired) electrons. The van der Waals surface area contributed by atoms with Crippen molar-refractivity contribution >= 4 is 17.5 Å². The maximum atomic E-state index is 14.0. The van der Waals surface area contributed by atoms with E-state index in [9.17, 15) is 22.8 Å². The van der Waals surface area contributed by atoms with Crippen molar-refractivity contribution in [1.82, 2.24) is 5.32 Å². The standard InChI is InChI=1S/C14H15F3N2O2/c1-6(2)12-13(20)18-7(3)14(21)19(12)9-5-4-8(15)10(16)11(9)17/h4-7,12H,1-3H3,(H,18,20). The fourth-order valence-corrected chi connectivity index (χ4v) is 2.39. The molecule has 0 bridgehead atoms. The third-order valence-corrected chi connectivity index (χ3v) is 3.42. The molecule has 114 valence electrons. The van der Waals surface area contributed by atoms with Crippen LogP contribution in [0, 0.1) is 23.4 Å². The van der Waals surface area contributed by atoms with Gasteiger partial charge in [0.05, 0.1) is 5.69 Å². The highest BCUT2D eigenvalue weighted by Gasteiger charge is 2.42. The van der Waals surface area contributed by atoms with Gasteiger partial charge in [-0.25, -0.2) is 13.2 Å². The molecule has 2 rings (SSSR count). The number of rotatable bonds is 2. The number of benzene rings is 1. The van der Waals surface area contributed by atoms with Gasteiger partial charge < -0.3 is 5.32 Å². The van der Waals surface area contributed by atoms with Crippen LogP contribution >= 0.6 is 0 Å². The number of hydrogen-bond acceptors (Lipinski definition) is 2. The lowest BCUT2D eigenvalue weighted by molar-refractivity contribution is -0.134. The molecule has 1 aliphatic heterocycles. The van der Waals surface area contributed by atoms with Crippen LogP contribution in [0.15, 0.2) is 12.1 Å². The van der Waals surface area contributed by atoms with Gasteiger partial charge in [-0.05, 0) is 25.0 Å². The highest BCUT2D eigenvalue weighted by Crippen LogP contribution is 2.29. The summed E-state index contributed by atoms with van der Waals surface area (Å²) in [6, 6.07) is -0.143. The number of carbonyl (C=O) groups excluding carboxylic acids is 2. The molecular formula is C14H15F3N2O2. The first kappa shape index (κ1) is 15.3. The molecule has 2 amide bonds. The second-order valence-corrected chi connectivity index (χ2v) is 5.32. The predicted molar refractivity (Wildman–Crippen MR) is 70.0 cm³/mol. The average Bonchev–Trinajstić information content (AvgIpc) is 2.40. The van der Waals surface area contributed by atoms with Gasteiger partial charge in [0.25, 0.3) is 0 Å². The molecular weight excluding hydrogens is 285 g/mol. The van der Waals surface area contributed by atoms with Crippen LogP contribution in [0.5, 0.6) is 0 Å². The highest BCUT2D eigenvalue weighted by molar-refractivity contribution is 6.08. The summed E-state index contributed by atoms with van der Waals surface area (Å²) in [7, 11) is 0. The Morgan fingerprint density at radius 2 is 1.76 bits per heavy atom.